The molecule has 0 aliphatic heterocycles. The Kier molecular flexibility index (Phi) is 8.55. The lowest BCUT2D eigenvalue weighted by Gasteiger charge is -2.08. The zero-order chi connectivity index (χ0) is 18.6. The first-order valence-electron chi connectivity index (χ1n) is 8.52. The second-order valence-electron chi connectivity index (χ2n) is 5.78. The largest absolute Gasteiger partial charge is 0.494 e. The zero-order valence-electron chi connectivity index (χ0n) is 14.9. The summed E-state index contributed by atoms with van der Waals surface area (Å²) in [7, 11) is 0. The number of aryl methyl sites for hydroxylation is 1. The third-order valence-electron chi connectivity index (χ3n) is 3.42. The van der Waals surface area contributed by atoms with E-state index in [1.54, 1.807) is 0 Å². The molecule has 0 aromatic heterocycles. The van der Waals surface area contributed by atoms with Crippen LogP contribution >= 0.6 is 11.8 Å². The summed E-state index contributed by atoms with van der Waals surface area (Å²) in [5.74, 6) is 1.16. The minimum Gasteiger partial charge on any atom is -0.494 e. The van der Waals surface area contributed by atoms with Crippen molar-refractivity contribution >= 4 is 29.3 Å². The third kappa shape index (κ3) is 8.07. The Bertz CT molecular complexity index is 707. The van der Waals surface area contributed by atoms with Crippen LogP contribution in [0.4, 0.5) is 5.69 Å². The molecule has 0 saturated carbocycles. The summed E-state index contributed by atoms with van der Waals surface area (Å²) >= 11 is 1.30. The van der Waals surface area contributed by atoms with Crippen molar-refractivity contribution in [3.8, 4) is 5.75 Å². The van der Waals surface area contributed by atoms with Gasteiger partial charge in [-0.05, 0) is 43.2 Å². The van der Waals surface area contributed by atoms with Gasteiger partial charge in [0.25, 0.3) is 0 Å². The number of hydrogen-bond donors (Lipinski definition) is 2. The fraction of sp³-hybridized carbons (Fsp3) is 0.300. The molecular formula is C20H24N2O3S. The van der Waals surface area contributed by atoms with Gasteiger partial charge in [0.05, 0.1) is 18.1 Å². The number of hydrogen-bond acceptors (Lipinski definition) is 4. The molecule has 2 N–H and O–H groups in total. The molecule has 0 aliphatic rings. The lowest BCUT2D eigenvalue weighted by atomic mass is 10.2. The van der Waals surface area contributed by atoms with E-state index in [2.05, 4.69) is 10.6 Å². The van der Waals surface area contributed by atoms with Crippen LogP contribution in [-0.2, 0) is 9.59 Å². The highest BCUT2D eigenvalue weighted by atomic mass is 32.2. The number of para-hydroxylation sites is 1. The van der Waals surface area contributed by atoms with Gasteiger partial charge in [0.1, 0.15) is 5.75 Å². The second-order valence-corrected chi connectivity index (χ2v) is 6.76. The van der Waals surface area contributed by atoms with Crippen LogP contribution in [0.15, 0.2) is 54.6 Å². The van der Waals surface area contributed by atoms with Gasteiger partial charge in [-0.2, -0.15) is 0 Å². The van der Waals surface area contributed by atoms with Crippen molar-refractivity contribution in [2.75, 3.05) is 30.0 Å². The second kappa shape index (κ2) is 11.2. The minimum atomic E-state index is -0.107. The van der Waals surface area contributed by atoms with E-state index < -0.39 is 0 Å². The molecule has 2 amide bonds. The first kappa shape index (κ1) is 19.8. The Morgan fingerprint density at radius 2 is 1.77 bits per heavy atom. The van der Waals surface area contributed by atoms with Crippen molar-refractivity contribution in [1.82, 2.24) is 5.32 Å². The SMILES string of the molecule is Cc1cccc(NC(=O)CSCC(=O)NCCCOc2ccccc2)c1. The first-order valence-corrected chi connectivity index (χ1v) is 9.68. The number of carbonyl (C=O) groups excluding carboxylic acids is 2. The van der Waals surface area contributed by atoms with E-state index in [4.69, 9.17) is 4.74 Å². The predicted octanol–water partition coefficient (Wildman–Crippen LogP) is 3.25. The summed E-state index contributed by atoms with van der Waals surface area (Å²) in [5, 5.41) is 5.65. The van der Waals surface area contributed by atoms with Crippen molar-refractivity contribution in [2.45, 2.75) is 13.3 Å². The minimum absolute atomic E-state index is 0.0712. The van der Waals surface area contributed by atoms with E-state index in [1.165, 1.54) is 11.8 Å². The van der Waals surface area contributed by atoms with E-state index >= 15 is 0 Å². The van der Waals surface area contributed by atoms with Crippen molar-refractivity contribution < 1.29 is 14.3 Å². The Hall–Kier alpha value is -2.47. The van der Waals surface area contributed by atoms with Crippen LogP contribution in [0.1, 0.15) is 12.0 Å². The van der Waals surface area contributed by atoms with Crippen LogP contribution in [0.25, 0.3) is 0 Å². The molecule has 26 heavy (non-hydrogen) atoms. The van der Waals surface area contributed by atoms with Crippen LogP contribution in [0.3, 0.4) is 0 Å². The molecule has 2 aromatic rings. The van der Waals surface area contributed by atoms with E-state index in [1.807, 2.05) is 61.5 Å². The first-order chi connectivity index (χ1) is 12.6. The number of nitrogens with one attached hydrogen (secondary N) is 2. The van der Waals surface area contributed by atoms with Gasteiger partial charge in [0.15, 0.2) is 0 Å². The van der Waals surface area contributed by atoms with Gasteiger partial charge in [-0.25, -0.2) is 0 Å². The van der Waals surface area contributed by atoms with Crippen LogP contribution in [0.5, 0.6) is 5.75 Å². The van der Waals surface area contributed by atoms with Gasteiger partial charge in [-0.1, -0.05) is 30.3 Å². The lowest BCUT2D eigenvalue weighted by Crippen LogP contribution is -2.27. The average Bonchev–Trinajstić information content (AvgIpc) is 2.62. The van der Waals surface area contributed by atoms with Crippen molar-refractivity contribution in [2.24, 2.45) is 0 Å². The number of carbonyl (C=O) groups is 2. The van der Waals surface area contributed by atoms with E-state index in [9.17, 15) is 9.59 Å². The highest BCUT2D eigenvalue weighted by Crippen LogP contribution is 2.10. The Balaban J connectivity index is 1.51. The average molecular weight is 372 g/mol. The number of rotatable bonds is 10. The third-order valence-corrected chi connectivity index (χ3v) is 4.36. The van der Waals surface area contributed by atoms with E-state index in [0.717, 1.165) is 23.4 Å². The summed E-state index contributed by atoms with van der Waals surface area (Å²) in [6.07, 6.45) is 0.735. The standard InChI is InChI=1S/C20H24N2O3S/c1-16-7-5-8-17(13-16)22-20(24)15-26-14-19(23)21-11-6-12-25-18-9-3-2-4-10-18/h2-5,7-10,13H,6,11-12,14-15H2,1H3,(H,21,23)(H,22,24). The molecule has 0 unspecified atom stereocenters. The van der Waals surface area contributed by atoms with Crippen LogP contribution < -0.4 is 15.4 Å². The number of benzene rings is 2. The fourth-order valence-electron chi connectivity index (χ4n) is 2.21. The molecule has 2 rings (SSSR count). The molecule has 138 valence electrons. The Morgan fingerprint density at radius 1 is 1.00 bits per heavy atom. The van der Waals surface area contributed by atoms with Gasteiger partial charge in [0, 0.05) is 12.2 Å². The van der Waals surface area contributed by atoms with E-state index in [-0.39, 0.29) is 23.3 Å². The zero-order valence-corrected chi connectivity index (χ0v) is 15.7. The van der Waals surface area contributed by atoms with Crippen LogP contribution in [-0.4, -0.2) is 36.5 Å². The lowest BCUT2D eigenvalue weighted by molar-refractivity contribution is -0.118. The van der Waals surface area contributed by atoms with Gasteiger partial charge < -0.3 is 15.4 Å². The number of ether oxygens (including phenoxy) is 1. The van der Waals surface area contributed by atoms with Crippen molar-refractivity contribution in [3.05, 3.63) is 60.2 Å². The summed E-state index contributed by atoms with van der Waals surface area (Å²) in [5.41, 5.74) is 1.87. The van der Waals surface area contributed by atoms with Crippen molar-refractivity contribution in [3.63, 3.8) is 0 Å². The maximum Gasteiger partial charge on any atom is 0.234 e. The highest BCUT2D eigenvalue weighted by Gasteiger charge is 2.06. The van der Waals surface area contributed by atoms with E-state index in [0.29, 0.717) is 13.2 Å². The summed E-state index contributed by atoms with van der Waals surface area (Å²) in [6, 6.07) is 17.2. The molecule has 0 bridgehead atoms. The molecule has 2 aromatic carbocycles. The Labute approximate surface area is 158 Å². The van der Waals surface area contributed by atoms with Gasteiger partial charge in [-0.15, -0.1) is 11.8 Å². The highest BCUT2D eigenvalue weighted by molar-refractivity contribution is 8.00. The smallest absolute Gasteiger partial charge is 0.234 e. The molecule has 0 saturated heterocycles. The predicted molar refractivity (Wildman–Crippen MR) is 107 cm³/mol. The summed E-state index contributed by atoms with van der Waals surface area (Å²) in [6.45, 7) is 3.08. The van der Waals surface area contributed by atoms with Crippen LogP contribution in [0.2, 0.25) is 0 Å². The number of anilines is 1. The quantitative estimate of drug-likeness (QED) is 0.628. The molecule has 0 radical (unpaired) electrons. The van der Waals surface area contributed by atoms with Gasteiger partial charge >= 0.3 is 0 Å². The number of amides is 2. The number of thioether (sulfide) groups is 1. The summed E-state index contributed by atoms with van der Waals surface area (Å²) in [4.78, 5) is 23.6. The molecule has 0 atom stereocenters. The fourth-order valence-corrected chi connectivity index (χ4v) is 2.86. The molecular weight excluding hydrogens is 348 g/mol. The molecule has 0 aliphatic carbocycles. The van der Waals surface area contributed by atoms with Gasteiger partial charge in [0.2, 0.25) is 11.8 Å². The summed E-state index contributed by atoms with van der Waals surface area (Å²) < 4.78 is 5.56. The molecule has 0 fully saturated rings. The normalized spacial score (nSPS) is 10.2. The molecule has 5 nitrogen and oxygen atoms in total. The molecule has 6 heteroatoms. The molecule has 0 heterocycles. The van der Waals surface area contributed by atoms with Crippen molar-refractivity contribution in [1.29, 1.82) is 0 Å². The van der Waals surface area contributed by atoms with Crippen LogP contribution in [0, 0.1) is 6.92 Å². The van der Waals surface area contributed by atoms with Gasteiger partial charge in [-0.3, -0.25) is 9.59 Å². The maximum atomic E-state index is 11.9. The Morgan fingerprint density at radius 3 is 2.54 bits per heavy atom. The monoisotopic (exact) mass is 372 g/mol. The molecule has 0 spiro atoms. The topological polar surface area (TPSA) is 67.4 Å². The maximum absolute atomic E-state index is 11.9.